The number of nitrogens with one attached hydrogen (secondary N) is 1. The van der Waals surface area contributed by atoms with Crippen molar-refractivity contribution in [1.29, 1.82) is 0 Å². The molecule has 1 aliphatic rings. The first-order chi connectivity index (χ1) is 10.4. The molecule has 1 aromatic carbocycles. The van der Waals surface area contributed by atoms with Crippen molar-refractivity contribution in [3.05, 3.63) is 48.7 Å². The first-order valence-corrected chi connectivity index (χ1v) is 7.79. The monoisotopic (exact) mass is 292 g/mol. The van der Waals surface area contributed by atoms with Gasteiger partial charge in [-0.3, -0.25) is 0 Å². The number of carbonyl (C=O) groups is 1. The largest absolute Gasteiger partial charge is 0.389 e. The third-order valence-electron chi connectivity index (χ3n) is 2.87. The fraction of sp³-hybridized carbons (Fsp3) is 0.500. The first-order valence-electron chi connectivity index (χ1n) is 7.79. The maximum Gasteiger partial charge on any atom is 0.124 e. The normalized spacial score (nSPS) is 12.4. The van der Waals surface area contributed by atoms with E-state index in [-0.39, 0.29) is 0 Å². The first kappa shape index (κ1) is 21.7. The minimum Gasteiger partial charge on any atom is -0.389 e. The summed E-state index contributed by atoms with van der Waals surface area (Å²) in [5, 5.41) is 3.21. The van der Waals surface area contributed by atoms with Crippen LogP contribution in [0.1, 0.15) is 45.1 Å². The molecule has 0 radical (unpaired) electrons. The zero-order valence-electron chi connectivity index (χ0n) is 13.8. The molecular formula is C18H32N2O. The lowest BCUT2D eigenvalue weighted by Gasteiger charge is -2.06. The van der Waals surface area contributed by atoms with E-state index in [2.05, 4.69) is 17.6 Å². The van der Waals surface area contributed by atoms with Gasteiger partial charge in [0.1, 0.15) is 6.29 Å². The van der Waals surface area contributed by atoms with Crippen molar-refractivity contribution in [2.45, 2.75) is 52.0 Å². The van der Waals surface area contributed by atoms with Crippen LogP contribution in [-0.4, -0.2) is 19.4 Å². The summed E-state index contributed by atoms with van der Waals surface area (Å²) in [6, 6.07) is 10.4. The highest BCUT2D eigenvalue weighted by Gasteiger charge is 2.11. The summed E-state index contributed by atoms with van der Waals surface area (Å²) in [6.45, 7) is 7.61. The molecule has 2 rings (SSSR count). The van der Waals surface area contributed by atoms with Crippen molar-refractivity contribution in [3.8, 4) is 0 Å². The minimum absolute atomic E-state index is 0.529. The van der Waals surface area contributed by atoms with E-state index < -0.39 is 0 Å². The Morgan fingerprint density at radius 2 is 1.71 bits per heavy atom. The Hall–Kier alpha value is -1.61. The fourth-order valence-electron chi connectivity index (χ4n) is 1.97. The second kappa shape index (κ2) is 18.4. The van der Waals surface area contributed by atoms with Crippen LogP contribution in [0.4, 0.5) is 0 Å². The molecule has 0 heterocycles. The van der Waals surface area contributed by atoms with Gasteiger partial charge < -0.3 is 15.8 Å². The van der Waals surface area contributed by atoms with Crippen molar-refractivity contribution in [2.75, 3.05) is 7.05 Å². The predicted molar refractivity (Wildman–Crippen MR) is 93.3 cm³/mol. The Morgan fingerprint density at radius 1 is 1.19 bits per heavy atom. The zero-order valence-corrected chi connectivity index (χ0v) is 13.8. The van der Waals surface area contributed by atoms with Crippen molar-refractivity contribution < 1.29 is 4.79 Å². The number of hydrogen-bond acceptors (Lipinski definition) is 3. The van der Waals surface area contributed by atoms with E-state index in [0.29, 0.717) is 6.42 Å². The lowest BCUT2D eigenvalue weighted by atomic mass is 10.2. The smallest absolute Gasteiger partial charge is 0.124 e. The molecule has 0 unspecified atom stereocenters. The molecule has 0 bridgehead atoms. The van der Waals surface area contributed by atoms with Crippen molar-refractivity contribution >= 4 is 6.29 Å². The SMILES string of the molecule is C=CNC1CCCC1.CC.CN.O=CCc1ccccc1. The van der Waals surface area contributed by atoms with Gasteiger partial charge in [0.25, 0.3) is 0 Å². The molecule has 1 saturated carbocycles. The van der Waals surface area contributed by atoms with E-state index in [1.165, 1.54) is 32.7 Å². The van der Waals surface area contributed by atoms with Gasteiger partial charge in [0.15, 0.2) is 0 Å². The number of hydrogen-bond donors (Lipinski definition) is 2. The molecule has 3 heteroatoms. The van der Waals surface area contributed by atoms with E-state index in [4.69, 9.17) is 0 Å². The van der Waals surface area contributed by atoms with Gasteiger partial charge in [-0.2, -0.15) is 0 Å². The lowest BCUT2D eigenvalue weighted by molar-refractivity contribution is -0.107. The Labute approximate surface area is 130 Å². The van der Waals surface area contributed by atoms with Gasteiger partial charge in [-0.05, 0) is 31.7 Å². The highest BCUT2D eigenvalue weighted by atomic mass is 16.1. The molecule has 0 atom stereocenters. The van der Waals surface area contributed by atoms with E-state index in [0.717, 1.165) is 17.9 Å². The van der Waals surface area contributed by atoms with E-state index >= 15 is 0 Å². The Bertz CT molecular complexity index is 319. The average molecular weight is 292 g/mol. The van der Waals surface area contributed by atoms with Gasteiger partial charge in [0.2, 0.25) is 0 Å². The van der Waals surface area contributed by atoms with Crippen LogP contribution in [0.15, 0.2) is 43.1 Å². The number of carbonyl (C=O) groups excluding carboxylic acids is 1. The van der Waals surface area contributed by atoms with Crippen LogP contribution in [0.5, 0.6) is 0 Å². The van der Waals surface area contributed by atoms with Crippen LogP contribution in [0.25, 0.3) is 0 Å². The quantitative estimate of drug-likeness (QED) is 0.832. The van der Waals surface area contributed by atoms with Gasteiger partial charge in [-0.1, -0.05) is 63.6 Å². The second-order valence-electron chi connectivity index (χ2n) is 4.21. The van der Waals surface area contributed by atoms with Gasteiger partial charge in [-0.25, -0.2) is 0 Å². The predicted octanol–water partition coefficient (Wildman–Crippen LogP) is 3.69. The number of aldehydes is 1. The summed E-state index contributed by atoms with van der Waals surface area (Å²) in [6.07, 6.45) is 8.71. The number of benzene rings is 1. The minimum atomic E-state index is 0.529. The molecule has 0 spiro atoms. The third-order valence-corrected chi connectivity index (χ3v) is 2.87. The standard InChI is InChI=1S/C8H8O.C7H13N.C2H6.CH5N/c9-7-6-8-4-2-1-3-5-8;1-2-8-7-5-3-4-6-7;2*1-2/h1-5,7H,6H2;2,7-8H,1,3-6H2;1-2H3;2H2,1H3. The molecule has 1 aliphatic carbocycles. The van der Waals surface area contributed by atoms with E-state index in [9.17, 15) is 4.79 Å². The maximum atomic E-state index is 9.97. The van der Waals surface area contributed by atoms with Gasteiger partial charge in [0.05, 0.1) is 0 Å². The summed E-state index contributed by atoms with van der Waals surface area (Å²) in [5.74, 6) is 0. The number of rotatable bonds is 4. The van der Waals surface area contributed by atoms with Crippen LogP contribution in [-0.2, 0) is 11.2 Å². The van der Waals surface area contributed by atoms with Crippen LogP contribution in [0, 0.1) is 0 Å². The van der Waals surface area contributed by atoms with Crippen LogP contribution in [0.2, 0.25) is 0 Å². The molecule has 3 N–H and O–H groups in total. The molecule has 0 saturated heterocycles. The van der Waals surface area contributed by atoms with E-state index in [1.807, 2.05) is 44.2 Å². The molecule has 0 aromatic heterocycles. The zero-order chi connectivity index (χ0) is 16.3. The Balaban J connectivity index is 0. The topological polar surface area (TPSA) is 55.1 Å². The molecule has 1 aromatic rings. The van der Waals surface area contributed by atoms with Gasteiger partial charge >= 0.3 is 0 Å². The second-order valence-corrected chi connectivity index (χ2v) is 4.21. The molecule has 1 fully saturated rings. The fourth-order valence-corrected chi connectivity index (χ4v) is 1.97. The van der Waals surface area contributed by atoms with Gasteiger partial charge in [0, 0.05) is 12.5 Å². The molecular weight excluding hydrogens is 260 g/mol. The molecule has 3 nitrogen and oxygen atoms in total. The Kier molecular flexibility index (Phi) is 19.0. The summed E-state index contributed by atoms with van der Waals surface area (Å²) in [5.41, 5.74) is 5.58. The summed E-state index contributed by atoms with van der Waals surface area (Å²) in [4.78, 5) is 9.97. The molecule has 0 aliphatic heterocycles. The summed E-state index contributed by atoms with van der Waals surface area (Å²) in [7, 11) is 1.50. The van der Waals surface area contributed by atoms with Gasteiger partial charge in [-0.15, -0.1) is 0 Å². The van der Waals surface area contributed by atoms with Crippen LogP contribution >= 0.6 is 0 Å². The maximum absolute atomic E-state index is 9.97. The molecule has 21 heavy (non-hydrogen) atoms. The number of nitrogens with two attached hydrogens (primary N) is 1. The van der Waals surface area contributed by atoms with Crippen LogP contribution < -0.4 is 11.1 Å². The highest BCUT2D eigenvalue weighted by molar-refractivity contribution is 5.54. The molecule has 0 amide bonds. The van der Waals surface area contributed by atoms with Crippen LogP contribution in [0.3, 0.4) is 0 Å². The Morgan fingerprint density at radius 3 is 2.14 bits per heavy atom. The summed E-state index contributed by atoms with van der Waals surface area (Å²) < 4.78 is 0. The lowest BCUT2D eigenvalue weighted by Crippen LogP contribution is -2.18. The van der Waals surface area contributed by atoms with Crippen molar-refractivity contribution in [3.63, 3.8) is 0 Å². The average Bonchev–Trinajstić information content (AvgIpc) is 3.07. The van der Waals surface area contributed by atoms with Crippen molar-refractivity contribution in [2.24, 2.45) is 5.73 Å². The van der Waals surface area contributed by atoms with E-state index in [1.54, 1.807) is 6.20 Å². The molecule has 120 valence electrons. The third kappa shape index (κ3) is 13.1. The van der Waals surface area contributed by atoms with Crippen molar-refractivity contribution in [1.82, 2.24) is 5.32 Å². The highest BCUT2D eigenvalue weighted by Crippen LogP contribution is 2.17. The summed E-state index contributed by atoms with van der Waals surface area (Å²) >= 11 is 0.